The molecule has 1 rings (SSSR count). The highest BCUT2D eigenvalue weighted by molar-refractivity contribution is 5.93. The molecule has 0 spiro atoms. The molecular formula is C10H6F3NO3. The van der Waals surface area contributed by atoms with Crippen molar-refractivity contribution >= 4 is 5.97 Å². The van der Waals surface area contributed by atoms with Gasteiger partial charge in [0.05, 0.1) is 18.2 Å². The van der Waals surface area contributed by atoms with Crippen LogP contribution in [0, 0.1) is 11.3 Å². The number of esters is 1. The quantitative estimate of drug-likeness (QED) is 0.769. The van der Waals surface area contributed by atoms with Crippen molar-refractivity contribution in [3.8, 4) is 11.8 Å². The van der Waals surface area contributed by atoms with Crippen LogP contribution in [0.25, 0.3) is 0 Å². The van der Waals surface area contributed by atoms with Crippen LogP contribution < -0.4 is 0 Å². The third kappa shape index (κ3) is 2.30. The standard InChI is InChI=1S/C10H6F3NO3/c1-17-9(16)5-2-3-7(15)8(6(5)4-14)10(11,12)13/h2-3,15H,1H3. The number of aromatic hydroxyl groups is 1. The summed E-state index contributed by atoms with van der Waals surface area (Å²) in [7, 11) is 0.976. The van der Waals surface area contributed by atoms with Crippen molar-refractivity contribution in [1.82, 2.24) is 0 Å². The lowest BCUT2D eigenvalue weighted by molar-refractivity contribution is -0.139. The van der Waals surface area contributed by atoms with Gasteiger partial charge in [0.2, 0.25) is 0 Å². The number of hydrogen-bond acceptors (Lipinski definition) is 4. The predicted molar refractivity (Wildman–Crippen MR) is 49.2 cm³/mol. The van der Waals surface area contributed by atoms with Crippen LogP contribution in [0.15, 0.2) is 12.1 Å². The van der Waals surface area contributed by atoms with Crippen molar-refractivity contribution in [3.63, 3.8) is 0 Å². The molecule has 0 aliphatic heterocycles. The number of rotatable bonds is 1. The largest absolute Gasteiger partial charge is 0.507 e. The summed E-state index contributed by atoms with van der Waals surface area (Å²) in [6, 6.07) is 2.83. The molecule has 0 aliphatic rings. The number of carbonyl (C=O) groups is 1. The highest BCUT2D eigenvalue weighted by atomic mass is 19.4. The fourth-order valence-corrected chi connectivity index (χ4v) is 1.27. The topological polar surface area (TPSA) is 70.3 Å². The number of nitriles is 1. The Balaban J connectivity index is 3.61. The third-order valence-corrected chi connectivity index (χ3v) is 1.98. The fourth-order valence-electron chi connectivity index (χ4n) is 1.27. The second-order valence-electron chi connectivity index (χ2n) is 2.98. The summed E-state index contributed by atoms with van der Waals surface area (Å²) in [6.07, 6.45) is -4.93. The zero-order chi connectivity index (χ0) is 13.2. The molecule has 0 saturated carbocycles. The molecule has 0 atom stereocenters. The van der Waals surface area contributed by atoms with E-state index in [1.807, 2.05) is 0 Å². The van der Waals surface area contributed by atoms with Crippen molar-refractivity contribution < 1.29 is 27.8 Å². The molecule has 0 aliphatic carbocycles. The van der Waals surface area contributed by atoms with Gasteiger partial charge in [0.15, 0.2) is 0 Å². The van der Waals surface area contributed by atoms with Crippen LogP contribution in [0.5, 0.6) is 5.75 Å². The lowest BCUT2D eigenvalue weighted by atomic mass is 10.0. The van der Waals surface area contributed by atoms with Gasteiger partial charge < -0.3 is 9.84 Å². The number of alkyl halides is 3. The lowest BCUT2D eigenvalue weighted by Crippen LogP contribution is -2.13. The number of benzene rings is 1. The number of carbonyl (C=O) groups excluding carboxylic acids is 1. The molecule has 0 heterocycles. The van der Waals surface area contributed by atoms with Gasteiger partial charge in [0, 0.05) is 0 Å². The molecule has 0 amide bonds. The maximum Gasteiger partial charge on any atom is 0.421 e. The second-order valence-corrected chi connectivity index (χ2v) is 2.98. The van der Waals surface area contributed by atoms with Crippen LogP contribution in [0.3, 0.4) is 0 Å². The van der Waals surface area contributed by atoms with E-state index < -0.39 is 34.6 Å². The molecule has 0 fully saturated rings. The van der Waals surface area contributed by atoms with E-state index in [1.165, 1.54) is 6.07 Å². The Morgan fingerprint density at radius 3 is 2.47 bits per heavy atom. The van der Waals surface area contributed by atoms with Crippen LogP contribution in [-0.2, 0) is 10.9 Å². The molecule has 1 N–H and O–H groups in total. The van der Waals surface area contributed by atoms with Gasteiger partial charge in [0.1, 0.15) is 17.4 Å². The monoisotopic (exact) mass is 245 g/mol. The number of hydrogen-bond donors (Lipinski definition) is 1. The molecule has 0 radical (unpaired) electrons. The van der Waals surface area contributed by atoms with E-state index in [0.717, 1.165) is 13.2 Å². The molecule has 0 saturated heterocycles. The first kappa shape index (κ1) is 12.8. The predicted octanol–water partition coefficient (Wildman–Crippen LogP) is 2.07. The Hall–Kier alpha value is -2.23. The normalized spacial score (nSPS) is 10.8. The zero-order valence-corrected chi connectivity index (χ0v) is 8.50. The van der Waals surface area contributed by atoms with Crippen LogP contribution >= 0.6 is 0 Å². The Morgan fingerprint density at radius 1 is 1.47 bits per heavy atom. The molecule has 1 aromatic carbocycles. The summed E-state index contributed by atoms with van der Waals surface area (Å²) in [5, 5.41) is 17.8. The minimum Gasteiger partial charge on any atom is -0.507 e. The lowest BCUT2D eigenvalue weighted by Gasteiger charge is -2.12. The average molecular weight is 245 g/mol. The molecular weight excluding hydrogens is 239 g/mol. The first-order valence-electron chi connectivity index (χ1n) is 4.24. The van der Waals surface area contributed by atoms with Gasteiger partial charge in [-0.05, 0) is 12.1 Å². The van der Waals surface area contributed by atoms with Gasteiger partial charge >= 0.3 is 12.1 Å². The molecule has 1 aromatic rings. The van der Waals surface area contributed by atoms with E-state index in [1.54, 1.807) is 0 Å². The maximum absolute atomic E-state index is 12.6. The van der Waals surface area contributed by atoms with Crippen LogP contribution in [0.4, 0.5) is 13.2 Å². The zero-order valence-electron chi connectivity index (χ0n) is 8.50. The highest BCUT2D eigenvalue weighted by Gasteiger charge is 2.38. The Labute approximate surface area is 93.8 Å². The number of ether oxygens (including phenoxy) is 1. The van der Waals surface area contributed by atoms with Crippen molar-refractivity contribution in [3.05, 3.63) is 28.8 Å². The van der Waals surface area contributed by atoms with Gasteiger partial charge in [-0.25, -0.2) is 4.79 Å². The Morgan fingerprint density at radius 2 is 2.06 bits per heavy atom. The minimum absolute atomic E-state index is 0.542. The van der Waals surface area contributed by atoms with Crippen molar-refractivity contribution in [1.29, 1.82) is 5.26 Å². The Kier molecular flexibility index (Phi) is 3.27. The second kappa shape index (κ2) is 4.33. The van der Waals surface area contributed by atoms with Crippen molar-refractivity contribution in [2.24, 2.45) is 0 Å². The van der Waals surface area contributed by atoms with Crippen LogP contribution in [0.2, 0.25) is 0 Å². The van der Waals surface area contributed by atoms with Crippen molar-refractivity contribution in [2.75, 3.05) is 7.11 Å². The third-order valence-electron chi connectivity index (χ3n) is 1.98. The molecule has 7 heteroatoms. The van der Waals surface area contributed by atoms with Crippen LogP contribution in [-0.4, -0.2) is 18.2 Å². The number of methoxy groups -OCH3 is 1. The Bertz CT molecular complexity index is 503. The molecule has 17 heavy (non-hydrogen) atoms. The summed E-state index contributed by atoms with van der Waals surface area (Å²) in [4.78, 5) is 11.2. The van der Waals surface area contributed by atoms with E-state index >= 15 is 0 Å². The molecule has 0 aromatic heterocycles. The number of phenolic OH excluding ortho intramolecular Hbond substituents is 1. The van der Waals surface area contributed by atoms with Crippen LogP contribution in [0.1, 0.15) is 21.5 Å². The van der Waals surface area contributed by atoms with E-state index in [9.17, 15) is 18.0 Å². The maximum atomic E-state index is 12.6. The first-order chi connectivity index (χ1) is 7.82. The SMILES string of the molecule is COC(=O)c1ccc(O)c(C(F)(F)F)c1C#N. The van der Waals surface area contributed by atoms with Gasteiger partial charge in [-0.15, -0.1) is 0 Å². The van der Waals surface area contributed by atoms with E-state index in [-0.39, 0.29) is 0 Å². The fraction of sp³-hybridized carbons (Fsp3) is 0.200. The molecule has 90 valence electrons. The molecule has 0 bridgehead atoms. The minimum atomic E-state index is -4.93. The molecule has 4 nitrogen and oxygen atoms in total. The van der Waals surface area contributed by atoms with E-state index in [2.05, 4.69) is 4.74 Å². The van der Waals surface area contributed by atoms with E-state index in [4.69, 9.17) is 10.4 Å². The van der Waals surface area contributed by atoms with Gasteiger partial charge in [0.25, 0.3) is 0 Å². The molecule has 0 unspecified atom stereocenters. The summed E-state index contributed by atoms with van der Waals surface area (Å²) in [6.45, 7) is 0. The number of halogens is 3. The van der Waals surface area contributed by atoms with Gasteiger partial charge in [-0.1, -0.05) is 0 Å². The summed E-state index contributed by atoms with van der Waals surface area (Å²) >= 11 is 0. The van der Waals surface area contributed by atoms with E-state index in [0.29, 0.717) is 6.07 Å². The number of nitrogens with zero attached hydrogens (tertiary/aromatic N) is 1. The highest BCUT2D eigenvalue weighted by Crippen LogP contribution is 2.39. The smallest absolute Gasteiger partial charge is 0.421 e. The number of phenols is 1. The first-order valence-corrected chi connectivity index (χ1v) is 4.24. The summed E-state index contributed by atoms with van der Waals surface area (Å²) in [5.41, 5.74) is -3.03. The average Bonchev–Trinajstić information content (AvgIpc) is 2.25. The summed E-state index contributed by atoms with van der Waals surface area (Å²) in [5.74, 6) is -2.19. The van der Waals surface area contributed by atoms with Gasteiger partial charge in [-0.3, -0.25) is 0 Å². The van der Waals surface area contributed by atoms with Crippen molar-refractivity contribution in [2.45, 2.75) is 6.18 Å². The summed E-state index contributed by atoms with van der Waals surface area (Å²) < 4.78 is 42.0. The van der Waals surface area contributed by atoms with Gasteiger partial charge in [-0.2, -0.15) is 18.4 Å².